The highest BCUT2D eigenvalue weighted by Gasteiger charge is 2.13. The molecule has 2 rings (SSSR count). The Morgan fingerprint density at radius 2 is 1.95 bits per heavy atom. The number of nitrogens with two attached hydrogens (primary N) is 1. The SMILES string of the molecule is CCCn1c(-c2cc(C)ccc2C)ccc(C(N)=S)c1=O. The number of aromatic nitrogens is 1. The summed E-state index contributed by atoms with van der Waals surface area (Å²) in [6.45, 7) is 6.80. The van der Waals surface area contributed by atoms with E-state index in [9.17, 15) is 4.79 Å². The summed E-state index contributed by atoms with van der Waals surface area (Å²) in [6, 6.07) is 9.93. The average molecular weight is 300 g/mol. The molecule has 110 valence electrons. The van der Waals surface area contributed by atoms with Crippen LogP contribution in [-0.4, -0.2) is 9.56 Å². The first-order valence-electron chi connectivity index (χ1n) is 7.07. The number of benzene rings is 1. The molecular formula is C17H20N2OS. The molecule has 0 saturated carbocycles. The first kappa shape index (κ1) is 15.4. The Balaban J connectivity index is 2.74. The van der Waals surface area contributed by atoms with Crippen molar-refractivity contribution in [1.29, 1.82) is 0 Å². The molecule has 0 aliphatic rings. The van der Waals surface area contributed by atoms with E-state index in [1.54, 1.807) is 10.6 Å². The highest BCUT2D eigenvalue weighted by Crippen LogP contribution is 2.24. The van der Waals surface area contributed by atoms with Crippen LogP contribution in [0.2, 0.25) is 0 Å². The van der Waals surface area contributed by atoms with Gasteiger partial charge in [0.05, 0.1) is 11.3 Å². The lowest BCUT2D eigenvalue weighted by atomic mass is 10.0. The zero-order valence-corrected chi connectivity index (χ0v) is 13.5. The standard InChI is InChI=1S/C17H20N2OS/c1-4-9-19-15(8-7-13(16(18)21)17(19)20)14-10-11(2)5-6-12(14)3/h5-8,10H,4,9H2,1-3H3,(H2,18,21). The maximum Gasteiger partial charge on any atom is 0.261 e. The Labute approximate surface area is 130 Å². The van der Waals surface area contributed by atoms with E-state index in [0.29, 0.717) is 12.1 Å². The minimum Gasteiger partial charge on any atom is -0.389 e. The lowest BCUT2D eigenvalue weighted by molar-refractivity contribution is 0.660. The molecule has 21 heavy (non-hydrogen) atoms. The van der Waals surface area contributed by atoms with Gasteiger partial charge >= 0.3 is 0 Å². The molecule has 1 aromatic carbocycles. The van der Waals surface area contributed by atoms with E-state index in [1.807, 2.05) is 13.0 Å². The quantitative estimate of drug-likeness (QED) is 0.882. The molecule has 0 saturated heterocycles. The Hall–Kier alpha value is -1.94. The maximum atomic E-state index is 12.6. The van der Waals surface area contributed by atoms with Crippen molar-refractivity contribution in [3.05, 3.63) is 57.4 Å². The predicted molar refractivity (Wildman–Crippen MR) is 91.8 cm³/mol. The minimum atomic E-state index is -0.109. The summed E-state index contributed by atoms with van der Waals surface area (Å²) in [5, 5.41) is 0. The fraction of sp³-hybridized carbons (Fsp3) is 0.294. The fourth-order valence-corrected chi connectivity index (χ4v) is 2.61. The number of rotatable bonds is 4. The molecule has 0 fully saturated rings. The van der Waals surface area contributed by atoms with E-state index in [2.05, 4.69) is 32.0 Å². The second-order valence-electron chi connectivity index (χ2n) is 5.27. The Kier molecular flexibility index (Phi) is 4.58. The van der Waals surface area contributed by atoms with E-state index >= 15 is 0 Å². The van der Waals surface area contributed by atoms with Gasteiger partial charge < -0.3 is 10.3 Å². The molecule has 0 atom stereocenters. The molecule has 2 N–H and O–H groups in total. The molecule has 0 aliphatic heterocycles. The number of thiocarbonyl (C=S) groups is 1. The van der Waals surface area contributed by atoms with Crippen LogP contribution in [0.4, 0.5) is 0 Å². The van der Waals surface area contributed by atoms with Crippen molar-refractivity contribution in [2.45, 2.75) is 33.7 Å². The van der Waals surface area contributed by atoms with Gasteiger partial charge in [-0.2, -0.15) is 0 Å². The van der Waals surface area contributed by atoms with Crippen molar-refractivity contribution < 1.29 is 0 Å². The number of hydrogen-bond acceptors (Lipinski definition) is 2. The lowest BCUT2D eigenvalue weighted by Gasteiger charge is -2.16. The van der Waals surface area contributed by atoms with Crippen molar-refractivity contribution in [3.63, 3.8) is 0 Å². The number of nitrogens with zero attached hydrogens (tertiary/aromatic N) is 1. The molecule has 1 heterocycles. The molecule has 0 spiro atoms. The van der Waals surface area contributed by atoms with Crippen LogP contribution in [-0.2, 0) is 6.54 Å². The third-order valence-electron chi connectivity index (χ3n) is 3.56. The van der Waals surface area contributed by atoms with Crippen molar-refractivity contribution >= 4 is 17.2 Å². The average Bonchev–Trinajstić information content (AvgIpc) is 2.43. The van der Waals surface area contributed by atoms with E-state index in [1.165, 1.54) is 5.56 Å². The van der Waals surface area contributed by atoms with Crippen LogP contribution >= 0.6 is 12.2 Å². The molecule has 4 heteroatoms. The summed E-state index contributed by atoms with van der Waals surface area (Å²) in [7, 11) is 0. The second kappa shape index (κ2) is 6.22. The molecule has 1 aromatic heterocycles. The zero-order chi connectivity index (χ0) is 15.6. The van der Waals surface area contributed by atoms with Crippen LogP contribution in [0.5, 0.6) is 0 Å². The summed E-state index contributed by atoms with van der Waals surface area (Å²) in [4.78, 5) is 12.7. The van der Waals surface area contributed by atoms with Crippen molar-refractivity contribution in [2.24, 2.45) is 5.73 Å². The van der Waals surface area contributed by atoms with Crippen LogP contribution in [0.15, 0.2) is 35.1 Å². The molecule has 0 bridgehead atoms. The van der Waals surface area contributed by atoms with Crippen LogP contribution in [0.3, 0.4) is 0 Å². The summed E-state index contributed by atoms with van der Waals surface area (Å²) in [5.74, 6) is 0. The summed E-state index contributed by atoms with van der Waals surface area (Å²) < 4.78 is 1.77. The summed E-state index contributed by atoms with van der Waals surface area (Å²) in [6.07, 6.45) is 0.874. The van der Waals surface area contributed by atoms with Gasteiger partial charge in [-0.15, -0.1) is 0 Å². The van der Waals surface area contributed by atoms with Crippen LogP contribution in [0, 0.1) is 13.8 Å². The van der Waals surface area contributed by atoms with Crippen molar-refractivity contribution in [1.82, 2.24) is 4.57 Å². The molecule has 0 radical (unpaired) electrons. The Morgan fingerprint density at radius 3 is 2.57 bits per heavy atom. The number of hydrogen-bond donors (Lipinski definition) is 1. The van der Waals surface area contributed by atoms with Gasteiger partial charge in [-0.3, -0.25) is 4.79 Å². The molecule has 0 unspecified atom stereocenters. The van der Waals surface area contributed by atoms with E-state index in [-0.39, 0.29) is 10.5 Å². The van der Waals surface area contributed by atoms with Gasteiger partial charge in [0.25, 0.3) is 5.56 Å². The third-order valence-corrected chi connectivity index (χ3v) is 3.78. The monoisotopic (exact) mass is 300 g/mol. The molecule has 0 aliphatic carbocycles. The van der Waals surface area contributed by atoms with Gasteiger partial charge in [-0.05, 0) is 44.0 Å². The Bertz CT molecular complexity index is 747. The van der Waals surface area contributed by atoms with Gasteiger partial charge in [0, 0.05) is 12.1 Å². The highest BCUT2D eigenvalue weighted by atomic mass is 32.1. The van der Waals surface area contributed by atoms with Crippen LogP contribution in [0.25, 0.3) is 11.3 Å². The molecule has 3 nitrogen and oxygen atoms in total. The first-order valence-corrected chi connectivity index (χ1v) is 7.47. The van der Waals surface area contributed by atoms with E-state index < -0.39 is 0 Å². The molecular weight excluding hydrogens is 280 g/mol. The zero-order valence-electron chi connectivity index (χ0n) is 12.6. The normalized spacial score (nSPS) is 10.6. The number of pyridine rings is 1. The first-order chi connectivity index (χ1) is 9.95. The van der Waals surface area contributed by atoms with Gasteiger partial charge in [0.2, 0.25) is 0 Å². The van der Waals surface area contributed by atoms with Crippen molar-refractivity contribution in [3.8, 4) is 11.3 Å². The fourth-order valence-electron chi connectivity index (χ4n) is 2.46. The summed E-state index contributed by atoms with van der Waals surface area (Å²) >= 11 is 4.96. The predicted octanol–water partition coefficient (Wildman–Crippen LogP) is 3.18. The highest BCUT2D eigenvalue weighted by molar-refractivity contribution is 7.80. The van der Waals surface area contributed by atoms with E-state index in [4.69, 9.17) is 18.0 Å². The minimum absolute atomic E-state index is 0.109. The Morgan fingerprint density at radius 1 is 1.24 bits per heavy atom. The van der Waals surface area contributed by atoms with Crippen LogP contribution in [0.1, 0.15) is 30.0 Å². The number of aryl methyl sites for hydroxylation is 2. The summed E-state index contributed by atoms with van der Waals surface area (Å²) in [5.41, 5.74) is 10.3. The van der Waals surface area contributed by atoms with Crippen LogP contribution < -0.4 is 11.3 Å². The van der Waals surface area contributed by atoms with Gasteiger partial charge in [0.1, 0.15) is 4.99 Å². The van der Waals surface area contributed by atoms with Gasteiger partial charge in [-0.1, -0.05) is 36.8 Å². The third kappa shape index (κ3) is 3.05. The molecule has 2 aromatic rings. The largest absolute Gasteiger partial charge is 0.389 e. The van der Waals surface area contributed by atoms with Gasteiger partial charge in [0.15, 0.2) is 0 Å². The smallest absolute Gasteiger partial charge is 0.261 e. The lowest BCUT2D eigenvalue weighted by Crippen LogP contribution is -2.30. The topological polar surface area (TPSA) is 48.0 Å². The maximum absolute atomic E-state index is 12.6. The van der Waals surface area contributed by atoms with E-state index in [0.717, 1.165) is 23.2 Å². The molecule has 0 amide bonds. The van der Waals surface area contributed by atoms with Crippen molar-refractivity contribution in [2.75, 3.05) is 0 Å². The van der Waals surface area contributed by atoms with Gasteiger partial charge in [-0.25, -0.2) is 0 Å². The second-order valence-corrected chi connectivity index (χ2v) is 5.71.